The molecule has 2 aromatic carbocycles. The summed E-state index contributed by atoms with van der Waals surface area (Å²) >= 11 is 3.43. The Morgan fingerprint density at radius 3 is 2.38 bits per heavy atom. The van der Waals surface area contributed by atoms with E-state index in [2.05, 4.69) is 26.1 Å². The number of carbonyl (C=O) groups is 2. The fourth-order valence-electron chi connectivity index (χ4n) is 3.26. The molecule has 0 unspecified atom stereocenters. The van der Waals surface area contributed by atoms with E-state index >= 15 is 0 Å². The van der Waals surface area contributed by atoms with Crippen LogP contribution >= 0.6 is 15.9 Å². The Bertz CT molecular complexity index is 781. The van der Waals surface area contributed by atoms with Gasteiger partial charge in [0.05, 0.1) is 12.2 Å². The van der Waals surface area contributed by atoms with Crippen molar-refractivity contribution in [3.63, 3.8) is 0 Å². The first-order valence-electron chi connectivity index (χ1n) is 8.90. The molecule has 1 heterocycles. The molecular weight excluding hydrogens is 392 g/mol. The largest absolute Gasteiger partial charge is 0.324 e. The van der Waals surface area contributed by atoms with Gasteiger partial charge in [-0.2, -0.15) is 0 Å². The molecular formula is C21H23BrN2O2. The molecule has 4 nitrogen and oxygen atoms in total. The summed E-state index contributed by atoms with van der Waals surface area (Å²) in [5.41, 5.74) is 2.73. The molecule has 1 aliphatic heterocycles. The molecule has 0 bridgehead atoms. The van der Waals surface area contributed by atoms with Gasteiger partial charge in [0.2, 0.25) is 5.91 Å². The molecule has 26 heavy (non-hydrogen) atoms. The van der Waals surface area contributed by atoms with Crippen molar-refractivity contribution in [2.24, 2.45) is 5.92 Å². The molecule has 5 heteroatoms. The standard InChI is InChI=1S/C21H23BrN2O2/c1-15-6-8-16(9-7-15)21(26)17-10-12-24(13-11-17)14-20(25)23-19-5-3-2-4-18(19)22/h2-9,17H,10-14H2,1H3,(H,23,25). The highest BCUT2D eigenvalue weighted by molar-refractivity contribution is 9.10. The van der Waals surface area contributed by atoms with Gasteiger partial charge in [0.25, 0.3) is 0 Å². The number of nitrogens with one attached hydrogen (secondary N) is 1. The number of hydrogen-bond acceptors (Lipinski definition) is 3. The van der Waals surface area contributed by atoms with E-state index in [-0.39, 0.29) is 17.6 Å². The van der Waals surface area contributed by atoms with Gasteiger partial charge in [-0.1, -0.05) is 42.0 Å². The minimum Gasteiger partial charge on any atom is -0.324 e. The smallest absolute Gasteiger partial charge is 0.238 e. The van der Waals surface area contributed by atoms with Crippen molar-refractivity contribution in [3.8, 4) is 0 Å². The number of halogens is 1. The van der Waals surface area contributed by atoms with Gasteiger partial charge in [-0.15, -0.1) is 0 Å². The maximum atomic E-state index is 12.6. The average Bonchev–Trinajstić information content (AvgIpc) is 2.64. The number of amides is 1. The SMILES string of the molecule is Cc1ccc(C(=O)C2CCN(CC(=O)Nc3ccccc3Br)CC2)cc1. The second-order valence-electron chi connectivity index (χ2n) is 6.81. The fourth-order valence-corrected chi connectivity index (χ4v) is 3.65. The Kier molecular flexibility index (Phi) is 6.22. The van der Waals surface area contributed by atoms with Crippen molar-refractivity contribution in [1.29, 1.82) is 0 Å². The van der Waals surface area contributed by atoms with Crippen LogP contribution in [0.5, 0.6) is 0 Å². The number of aryl methyl sites for hydroxylation is 1. The molecule has 0 aliphatic carbocycles. The van der Waals surface area contributed by atoms with Crippen LogP contribution in [-0.2, 0) is 4.79 Å². The number of piperidine rings is 1. The van der Waals surface area contributed by atoms with E-state index in [1.54, 1.807) is 0 Å². The van der Waals surface area contributed by atoms with Crippen molar-refractivity contribution < 1.29 is 9.59 Å². The predicted octanol–water partition coefficient (Wildman–Crippen LogP) is 4.29. The van der Waals surface area contributed by atoms with Gasteiger partial charge in [-0.3, -0.25) is 14.5 Å². The normalized spacial score (nSPS) is 15.6. The Morgan fingerprint density at radius 2 is 1.73 bits per heavy atom. The monoisotopic (exact) mass is 414 g/mol. The molecule has 0 spiro atoms. The Labute approximate surface area is 162 Å². The lowest BCUT2D eigenvalue weighted by molar-refractivity contribution is -0.117. The number of Topliss-reactive ketones (excluding diaryl/α,β-unsaturated/α-hetero) is 1. The minimum atomic E-state index is -0.0276. The van der Waals surface area contributed by atoms with Gasteiger partial charge in [0, 0.05) is 16.0 Å². The van der Waals surface area contributed by atoms with Crippen LogP contribution in [0.25, 0.3) is 0 Å². The molecule has 136 valence electrons. The summed E-state index contributed by atoms with van der Waals surface area (Å²) < 4.78 is 0.871. The minimum absolute atomic E-state index is 0.0276. The number of nitrogens with zero attached hydrogens (tertiary/aromatic N) is 1. The van der Waals surface area contributed by atoms with Gasteiger partial charge in [-0.25, -0.2) is 0 Å². The van der Waals surface area contributed by atoms with Crippen LogP contribution in [0.15, 0.2) is 53.0 Å². The summed E-state index contributed by atoms with van der Waals surface area (Å²) in [5, 5.41) is 2.93. The third kappa shape index (κ3) is 4.80. The van der Waals surface area contributed by atoms with Crippen LogP contribution in [0, 0.1) is 12.8 Å². The number of hydrogen-bond donors (Lipinski definition) is 1. The van der Waals surface area contributed by atoms with Gasteiger partial charge >= 0.3 is 0 Å². The molecule has 0 aromatic heterocycles. The summed E-state index contributed by atoms with van der Waals surface area (Å²) in [6.07, 6.45) is 1.60. The molecule has 1 fully saturated rings. The highest BCUT2D eigenvalue weighted by Crippen LogP contribution is 2.23. The third-order valence-electron chi connectivity index (χ3n) is 4.81. The molecule has 0 radical (unpaired) electrons. The zero-order valence-corrected chi connectivity index (χ0v) is 16.5. The van der Waals surface area contributed by atoms with Crippen molar-refractivity contribution in [3.05, 3.63) is 64.1 Å². The summed E-state index contributed by atoms with van der Waals surface area (Å²) in [6, 6.07) is 15.4. The molecule has 0 atom stereocenters. The molecule has 1 aliphatic rings. The van der Waals surface area contributed by atoms with Gasteiger partial charge in [-0.05, 0) is 60.9 Å². The number of para-hydroxylation sites is 1. The zero-order valence-electron chi connectivity index (χ0n) is 14.9. The maximum Gasteiger partial charge on any atom is 0.238 e. The summed E-state index contributed by atoms with van der Waals surface area (Å²) in [4.78, 5) is 27.0. The number of ketones is 1. The quantitative estimate of drug-likeness (QED) is 0.742. The average molecular weight is 415 g/mol. The van der Waals surface area contributed by atoms with E-state index in [0.29, 0.717) is 6.54 Å². The summed E-state index contributed by atoms with van der Waals surface area (Å²) in [7, 11) is 0. The highest BCUT2D eigenvalue weighted by atomic mass is 79.9. The van der Waals surface area contributed by atoms with Gasteiger partial charge in [0.1, 0.15) is 0 Å². The lowest BCUT2D eigenvalue weighted by atomic mass is 9.88. The third-order valence-corrected chi connectivity index (χ3v) is 5.50. The zero-order chi connectivity index (χ0) is 18.5. The number of likely N-dealkylation sites (tertiary alicyclic amines) is 1. The topological polar surface area (TPSA) is 49.4 Å². The molecule has 0 saturated carbocycles. The summed E-state index contributed by atoms with van der Waals surface area (Å²) in [5.74, 6) is 0.253. The van der Waals surface area contributed by atoms with Crippen LogP contribution in [0.1, 0.15) is 28.8 Å². The number of benzene rings is 2. The molecule has 2 aromatic rings. The first-order chi connectivity index (χ1) is 12.5. The van der Waals surface area contributed by atoms with Crippen LogP contribution < -0.4 is 5.32 Å². The molecule has 1 amide bonds. The van der Waals surface area contributed by atoms with Gasteiger partial charge < -0.3 is 5.32 Å². The van der Waals surface area contributed by atoms with E-state index in [4.69, 9.17) is 0 Å². The molecule has 1 saturated heterocycles. The lowest BCUT2D eigenvalue weighted by Crippen LogP contribution is -2.40. The van der Waals surface area contributed by atoms with Crippen LogP contribution in [0.3, 0.4) is 0 Å². The van der Waals surface area contributed by atoms with Crippen LogP contribution in [-0.4, -0.2) is 36.2 Å². The predicted molar refractivity (Wildman–Crippen MR) is 107 cm³/mol. The lowest BCUT2D eigenvalue weighted by Gasteiger charge is -2.30. The Balaban J connectivity index is 1.49. The second kappa shape index (κ2) is 8.60. The van der Waals surface area contributed by atoms with Crippen molar-refractivity contribution in [2.45, 2.75) is 19.8 Å². The molecule has 1 N–H and O–H groups in total. The van der Waals surface area contributed by atoms with E-state index in [0.717, 1.165) is 47.2 Å². The second-order valence-corrected chi connectivity index (χ2v) is 7.66. The van der Waals surface area contributed by atoms with E-state index in [1.165, 1.54) is 0 Å². The van der Waals surface area contributed by atoms with Crippen molar-refractivity contribution in [2.75, 3.05) is 25.0 Å². The highest BCUT2D eigenvalue weighted by Gasteiger charge is 2.26. The van der Waals surface area contributed by atoms with Crippen molar-refractivity contribution in [1.82, 2.24) is 4.90 Å². The van der Waals surface area contributed by atoms with E-state index in [1.807, 2.05) is 55.5 Å². The van der Waals surface area contributed by atoms with Crippen LogP contribution in [0.2, 0.25) is 0 Å². The summed E-state index contributed by atoms with van der Waals surface area (Å²) in [6.45, 7) is 3.91. The van der Waals surface area contributed by atoms with Crippen LogP contribution in [0.4, 0.5) is 5.69 Å². The number of rotatable bonds is 5. The van der Waals surface area contributed by atoms with E-state index in [9.17, 15) is 9.59 Å². The first-order valence-corrected chi connectivity index (χ1v) is 9.70. The number of anilines is 1. The Hall–Kier alpha value is -1.98. The number of carbonyl (C=O) groups excluding carboxylic acids is 2. The first kappa shape index (κ1) is 18.8. The van der Waals surface area contributed by atoms with E-state index < -0.39 is 0 Å². The Morgan fingerprint density at radius 1 is 1.08 bits per heavy atom. The van der Waals surface area contributed by atoms with Crippen molar-refractivity contribution >= 4 is 33.3 Å². The molecule has 3 rings (SSSR count). The van der Waals surface area contributed by atoms with Gasteiger partial charge in [0.15, 0.2) is 5.78 Å². The fraction of sp³-hybridized carbons (Fsp3) is 0.333. The maximum absolute atomic E-state index is 12.6.